The fourth-order valence-corrected chi connectivity index (χ4v) is 3.01. The lowest BCUT2D eigenvalue weighted by Gasteiger charge is -2.12. The second kappa shape index (κ2) is 7.32. The van der Waals surface area contributed by atoms with E-state index in [1.807, 2.05) is 31.1 Å². The normalized spacial score (nSPS) is 10.4. The summed E-state index contributed by atoms with van der Waals surface area (Å²) in [6.07, 6.45) is 0. The number of rotatable bonds is 5. The van der Waals surface area contributed by atoms with Gasteiger partial charge in [0.1, 0.15) is 0 Å². The second-order valence-corrected chi connectivity index (χ2v) is 6.60. The zero-order valence-electron chi connectivity index (χ0n) is 14.2. The van der Waals surface area contributed by atoms with Crippen LogP contribution in [0.3, 0.4) is 0 Å². The first-order valence-corrected chi connectivity index (χ1v) is 8.61. The molecular formula is C18H16N4O3S. The molecule has 26 heavy (non-hydrogen) atoms. The SMILES string of the molecule is CN(C)c1ccc(C(=O)Nc2nc(-c3ccc([N+](=O)[O-])cc3)cs2)cc1. The van der Waals surface area contributed by atoms with E-state index in [0.717, 1.165) is 11.3 Å². The largest absolute Gasteiger partial charge is 0.378 e. The molecule has 0 aliphatic carbocycles. The first-order valence-electron chi connectivity index (χ1n) is 7.73. The van der Waals surface area contributed by atoms with E-state index in [2.05, 4.69) is 10.3 Å². The number of hydrogen-bond acceptors (Lipinski definition) is 6. The van der Waals surface area contributed by atoms with E-state index in [4.69, 9.17) is 0 Å². The summed E-state index contributed by atoms with van der Waals surface area (Å²) in [4.78, 5) is 28.9. The molecule has 3 rings (SSSR count). The van der Waals surface area contributed by atoms with Gasteiger partial charge in [0.05, 0.1) is 10.6 Å². The molecule has 0 unspecified atom stereocenters. The lowest BCUT2D eigenvalue weighted by Crippen LogP contribution is -2.13. The minimum Gasteiger partial charge on any atom is -0.378 e. The van der Waals surface area contributed by atoms with Crippen LogP contribution < -0.4 is 10.2 Å². The van der Waals surface area contributed by atoms with Gasteiger partial charge in [-0.2, -0.15) is 0 Å². The Morgan fingerprint density at radius 1 is 1.12 bits per heavy atom. The number of aromatic nitrogens is 1. The molecular weight excluding hydrogens is 352 g/mol. The molecule has 1 aromatic heterocycles. The standard InChI is InChI=1S/C18H16N4O3S/c1-21(2)14-7-5-13(6-8-14)17(23)20-18-19-16(11-26-18)12-3-9-15(10-4-12)22(24)25/h3-11H,1-2H3,(H,19,20,23). The molecule has 3 aromatic rings. The smallest absolute Gasteiger partial charge is 0.269 e. The van der Waals surface area contributed by atoms with Crippen molar-refractivity contribution in [1.29, 1.82) is 0 Å². The number of hydrogen-bond donors (Lipinski definition) is 1. The first-order chi connectivity index (χ1) is 12.4. The molecule has 2 aromatic carbocycles. The molecule has 0 aliphatic rings. The van der Waals surface area contributed by atoms with Crippen molar-refractivity contribution in [3.05, 3.63) is 69.6 Å². The molecule has 0 fully saturated rings. The van der Waals surface area contributed by atoms with Crippen molar-refractivity contribution in [2.24, 2.45) is 0 Å². The van der Waals surface area contributed by atoms with Crippen molar-refractivity contribution < 1.29 is 9.72 Å². The zero-order valence-corrected chi connectivity index (χ0v) is 15.0. The maximum atomic E-state index is 12.3. The van der Waals surface area contributed by atoms with Gasteiger partial charge in [0, 0.05) is 48.4 Å². The fourth-order valence-electron chi connectivity index (χ4n) is 2.30. The Morgan fingerprint density at radius 3 is 2.35 bits per heavy atom. The molecule has 0 saturated carbocycles. The molecule has 0 aliphatic heterocycles. The van der Waals surface area contributed by atoms with Crippen molar-refractivity contribution in [2.45, 2.75) is 0 Å². The van der Waals surface area contributed by atoms with Gasteiger partial charge in [-0.25, -0.2) is 4.98 Å². The first kappa shape index (κ1) is 17.6. The predicted octanol–water partition coefficient (Wildman–Crippen LogP) is 4.04. The topological polar surface area (TPSA) is 88.4 Å². The van der Waals surface area contributed by atoms with Crippen molar-refractivity contribution in [3.8, 4) is 11.3 Å². The number of benzene rings is 2. The Kier molecular flexibility index (Phi) is 4.94. The predicted molar refractivity (Wildman–Crippen MR) is 103 cm³/mol. The summed E-state index contributed by atoms with van der Waals surface area (Å²) in [5.74, 6) is -0.236. The van der Waals surface area contributed by atoms with Gasteiger partial charge in [-0.1, -0.05) is 0 Å². The third-order valence-electron chi connectivity index (χ3n) is 3.74. The highest BCUT2D eigenvalue weighted by Crippen LogP contribution is 2.26. The molecule has 7 nitrogen and oxygen atoms in total. The van der Waals surface area contributed by atoms with Crippen molar-refractivity contribution in [3.63, 3.8) is 0 Å². The number of amides is 1. The maximum Gasteiger partial charge on any atom is 0.269 e. The number of nitrogens with one attached hydrogen (secondary N) is 1. The van der Waals surface area contributed by atoms with Crippen molar-refractivity contribution >= 4 is 33.8 Å². The molecule has 0 bridgehead atoms. The molecule has 0 radical (unpaired) electrons. The summed E-state index contributed by atoms with van der Waals surface area (Å²) in [5, 5.41) is 15.8. The summed E-state index contributed by atoms with van der Waals surface area (Å²) >= 11 is 1.30. The van der Waals surface area contributed by atoms with Crippen LogP contribution in [0.15, 0.2) is 53.9 Å². The van der Waals surface area contributed by atoms with Crippen LogP contribution in [0.25, 0.3) is 11.3 Å². The third-order valence-corrected chi connectivity index (χ3v) is 4.50. The number of nitrogens with zero attached hydrogens (tertiary/aromatic N) is 3. The molecule has 0 atom stereocenters. The lowest BCUT2D eigenvalue weighted by atomic mass is 10.1. The summed E-state index contributed by atoms with van der Waals surface area (Å²) in [6.45, 7) is 0. The van der Waals surface area contributed by atoms with E-state index in [1.54, 1.807) is 29.6 Å². The number of thiazole rings is 1. The van der Waals surface area contributed by atoms with Crippen LogP contribution in [0.5, 0.6) is 0 Å². The number of nitro benzene ring substituents is 1. The number of nitro groups is 1. The average Bonchev–Trinajstić information content (AvgIpc) is 3.10. The number of carbonyl (C=O) groups excluding carboxylic acids is 1. The molecule has 1 heterocycles. The average molecular weight is 368 g/mol. The van der Waals surface area contributed by atoms with E-state index in [9.17, 15) is 14.9 Å². The van der Waals surface area contributed by atoms with Crippen LogP contribution in [0, 0.1) is 10.1 Å². The lowest BCUT2D eigenvalue weighted by molar-refractivity contribution is -0.384. The Balaban J connectivity index is 1.71. The Labute approximate surface area is 154 Å². The minimum absolute atomic E-state index is 0.0266. The second-order valence-electron chi connectivity index (χ2n) is 5.74. The Bertz CT molecular complexity index is 934. The molecule has 0 spiro atoms. The van der Waals surface area contributed by atoms with Gasteiger partial charge in [-0.05, 0) is 36.4 Å². The molecule has 0 saturated heterocycles. The van der Waals surface area contributed by atoms with Crippen LogP contribution >= 0.6 is 11.3 Å². The quantitative estimate of drug-likeness (QED) is 0.542. The third kappa shape index (κ3) is 3.86. The van der Waals surface area contributed by atoms with Gasteiger partial charge in [-0.15, -0.1) is 11.3 Å². The number of carbonyl (C=O) groups is 1. The van der Waals surface area contributed by atoms with Crippen molar-refractivity contribution in [1.82, 2.24) is 4.98 Å². The highest BCUT2D eigenvalue weighted by molar-refractivity contribution is 7.14. The summed E-state index contributed by atoms with van der Waals surface area (Å²) in [5.41, 5.74) is 2.99. The van der Waals surface area contributed by atoms with Gasteiger partial charge in [0.25, 0.3) is 11.6 Å². The summed E-state index contributed by atoms with van der Waals surface area (Å²) < 4.78 is 0. The van der Waals surface area contributed by atoms with E-state index < -0.39 is 4.92 Å². The maximum absolute atomic E-state index is 12.3. The van der Waals surface area contributed by atoms with Gasteiger partial charge >= 0.3 is 0 Å². The van der Waals surface area contributed by atoms with Gasteiger partial charge < -0.3 is 4.90 Å². The monoisotopic (exact) mass is 368 g/mol. The Hall–Kier alpha value is -3.26. The van der Waals surface area contributed by atoms with E-state index in [0.29, 0.717) is 16.4 Å². The fraction of sp³-hybridized carbons (Fsp3) is 0.111. The van der Waals surface area contributed by atoms with Crippen LogP contribution in [0.1, 0.15) is 10.4 Å². The van der Waals surface area contributed by atoms with Gasteiger partial charge in [0.15, 0.2) is 5.13 Å². The van der Waals surface area contributed by atoms with Crippen LogP contribution in [-0.2, 0) is 0 Å². The van der Waals surface area contributed by atoms with Crippen molar-refractivity contribution in [2.75, 3.05) is 24.3 Å². The molecule has 1 N–H and O–H groups in total. The van der Waals surface area contributed by atoms with Crippen LogP contribution in [0.2, 0.25) is 0 Å². The summed E-state index contributed by atoms with van der Waals surface area (Å²) in [6, 6.07) is 13.4. The summed E-state index contributed by atoms with van der Waals surface area (Å²) in [7, 11) is 3.87. The van der Waals surface area contributed by atoms with E-state index in [1.165, 1.54) is 23.5 Å². The minimum atomic E-state index is -0.446. The van der Waals surface area contributed by atoms with E-state index in [-0.39, 0.29) is 11.6 Å². The zero-order chi connectivity index (χ0) is 18.7. The van der Waals surface area contributed by atoms with Crippen LogP contribution in [-0.4, -0.2) is 29.9 Å². The highest BCUT2D eigenvalue weighted by atomic mass is 32.1. The molecule has 132 valence electrons. The molecule has 8 heteroatoms. The number of anilines is 2. The van der Waals surface area contributed by atoms with Gasteiger partial charge in [0.2, 0.25) is 0 Å². The van der Waals surface area contributed by atoms with E-state index >= 15 is 0 Å². The Morgan fingerprint density at radius 2 is 1.77 bits per heavy atom. The molecule has 1 amide bonds. The van der Waals surface area contributed by atoms with Crippen LogP contribution in [0.4, 0.5) is 16.5 Å². The highest BCUT2D eigenvalue weighted by Gasteiger charge is 2.11. The number of non-ortho nitro benzene ring substituents is 1. The van der Waals surface area contributed by atoms with Gasteiger partial charge in [-0.3, -0.25) is 20.2 Å².